The summed E-state index contributed by atoms with van der Waals surface area (Å²) in [4.78, 5) is 11.4. The lowest BCUT2D eigenvalue weighted by atomic mass is 9.99. The highest BCUT2D eigenvalue weighted by Crippen LogP contribution is 2.32. The Hall–Kier alpha value is -1.71. The summed E-state index contributed by atoms with van der Waals surface area (Å²) in [5.74, 6) is 0.277. The summed E-state index contributed by atoms with van der Waals surface area (Å²) < 4.78 is 15.9. The van der Waals surface area contributed by atoms with Gasteiger partial charge < -0.3 is 34.6 Å². The molecule has 1 aromatic carbocycles. The summed E-state index contributed by atoms with van der Waals surface area (Å²) in [6, 6.07) is 4.46. The Morgan fingerprint density at radius 3 is 2.43 bits per heavy atom. The van der Waals surface area contributed by atoms with Crippen LogP contribution in [0.25, 0.3) is 0 Å². The molecule has 23 heavy (non-hydrogen) atoms. The third-order valence-electron chi connectivity index (χ3n) is 3.66. The summed E-state index contributed by atoms with van der Waals surface area (Å²) in [6.07, 6.45) is -6.90. The third kappa shape index (κ3) is 3.62. The average Bonchev–Trinajstić information content (AvgIpc) is 2.55. The zero-order chi connectivity index (χ0) is 17.1. The van der Waals surface area contributed by atoms with Gasteiger partial charge >= 0.3 is 0 Å². The summed E-state index contributed by atoms with van der Waals surface area (Å²) in [5.41, 5.74) is 0.419. The van der Waals surface area contributed by atoms with Crippen molar-refractivity contribution in [3.8, 4) is 11.5 Å². The summed E-state index contributed by atoms with van der Waals surface area (Å²) in [7, 11) is 1.39. The second-order valence-corrected chi connectivity index (χ2v) is 5.24. The van der Waals surface area contributed by atoms with Crippen LogP contribution in [0.4, 0.5) is 0 Å². The fourth-order valence-electron chi connectivity index (χ4n) is 2.27. The van der Waals surface area contributed by atoms with Crippen molar-refractivity contribution in [2.45, 2.75) is 37.6 Å². The van der Waals surface area contributed by atoms with Gasteiger partial charge in [-0.15, -0.1) is 0 Å². The number of Topliss-reactive ketones (excluding diaryl/α,β-unsaturated/α-hetero) is 1. The van der Waals surface area contributed by atoms with Crippen LogP contribution in [0.1, 0.15) is 17.3 Å². The minimum absolute atomic E-state index is 0.150. The number of aliphatic hydroxyl groups is 4. The Morgan fingerprint density at radius 2 is 1.87 bits per heavy atom. The molecule has 1 unspecified atom stereocenters. The molecule has 8 nitrogen and oxygen atoms in total. The van der Waals surface area contributed by atoms with Crippen LogP contribution in [-0.4, -0.2) is 70.6 Å². The van der Waals surface area contributed by atoms with Crippen molar-refractivity contribution < 1.29 is 39.4 Å². The Bertz CT molecular complexity index is 558. The SMILES string of the molecule is COc1cc(C(C)=O)ccc1OC1O[C@H](CO)[C@H](O)[C@H](O)[C@H]1O. The lowest BCUT2D eigenvalue weighted by Gasteiger charge is -2.39. The van der Waals surface area contributed by atoms with E-state index in [0.717, 1.165) is 0 Å². The lowest BCUT2D eigenvalue weighted by Crippen LogP contribution is -2.60. The molecular formula is C15H20O8. The van der Waals surface area contributed by atoms with Gasteiger partial charge in [-0.1, -0.05) is 0 Å². The van der Waals surface area contributed by atoms with Gasteiger partial charge in [0.15, 0.2) is 17.3 Å². The quantitative estimate of drug-likeness (QED) is 0.511. The maximum atomic E-state index is 11.4. The van der Waals surface area contributed by atoms with Gasteiger partial charge in [0.2, 0.25) is 6.29 Å². The van der Waals surface area contributed by atoms with Crippen molar-refractivity contribution in [1.29, 1.82) is 0 Å². The van der Waals surface area contributed by atoms with Crippen molar-refractivity contribution in [1.82, 2.24) is 0 Å². The fourth-order valence-corrected chi connectivity index (χ4v) is 2.27. The Balaban J connectivity index is 2.22. The van der Waals surface area contributed by atoms with Crippen LogP contribution in [0.3, 0.4) is 0 Å². The molecule has 0 aliphatic carbocycles. The van der Waals surface area contributed by atoms with Crippen LogP contribution in [0.15, 0.2) is 18.2 Å². The van der Waals surface area contributed by atoms with Crippen molar-refractivity contribution in [3.63, 3.8) is 0 Å². The molecule has 0 saturated carbocycles. The van der Waals surface area contributed by atoms with E-state index in [1.165, 1.54) is 32.2 Å². The molecule has 2 rings (SSSR count). The smallest absolute Gasteiger partial charge is 0.229 e. The molecule has 4 N–H and O–H groups in total. The first-order valence-corrected chi connectivity index (χ1v) is 7.05. The molecule has 1 heterocycles. The zero-order valence-electron chi connectivity index (χ0n) is 12.7. The highest BCUT2D eigenvalue weighted by atomic mass is 16.7. The highest BCUT2D eigenvalue weighted by molar-refractivity contribution is 5.94. The van der Waals surface area contributed by atoms with Gasteiger partial charge in [-0.25, -0.2) is 0 Å². The van der Waals surface area contributed by atoms with Crippen molar-refractivity contribution >= 4 is 5.78 Å². The molecule has 0 radical (unpaired) electrons. The molecule has 1 saturated heterocycles. The minimum Gasteiger partial charge on any atom is -0.493 e. The number of hydrogen-bond donors (Lipinski definition) is 4. The molecule has 128 valence electrons. The third-order valence-corrected chi connectivity index (χ3v) is 3.66. The molecule has 0 amide bonds. The summed E-state index contributed by atoms with van der Waals surface area (Å²) in [5, 5.41) is 38.6. The van der Waals surface area contributed by atoms with Gasteiger partial charge in [-0.05, 0) is 25.1 Å². The van der Waals surface area contributed by atoms with E-state index in [9.17, 15) is 20.1 Å². The van der Waals surface area contributed by atoms with E-state index >= 15 is 0 Å². The number of ketones is 1. The maximum absolute atomic E-state index is 11.4. The van der Waals surface area contributed by atoms with E-state index in [-0.39, 0.29) is 17.3 Å². The number of carbonyl (C=O) groups is 1. The Morgan fingerprint density at radius 1 is 1.17 bits per heavy atom. The van der Waals surface area contributed by atoms with Crippen LogP contribution in [-0.2, 0) is 4.74 Å². The number of hydrogen-bond acceptors (Lipinski definition) is 8. The molecule has 1 fully saturated rings. The summed E-state index contributed by atoms with van der Waals surface area (Å²) >= 11 is 0. The van der Waals surface area contributed by atoms with E-state index in [1.54, 1.807) is 0 Å². The van der Waals surface area contributed by atoms with E-state index < -0.39 is 37.3 Å². The van der Waals surface area contributed by atoms with Gasteiger partial charge in [0.1, 0.15) is 24.4 Å². The molecule has 5 atom stereocenters. The predicted molar refractivity (Wildman–Crippen MR) is 77.4 cm³/mol. The van der Waals surface area contributed by atoms with Crippen LogP contribution < -0.4 is 9.47 Å². The standard InChI is InChI=1S/C15H20O8/c1-7(17)8-3-4-9(10(5-8)21-2)22-15-14(20)13(19)12(18)11(6-16)23-15/h3-5,11-16,18-20H,6H2,1-2H3/t11-,12+,13+,14-,15?/m1/s1. The number of benzene rings is 1. The van der Waals surface area contributed by atoms with Crippen molar-refractivity contribution in [3.05, 3.63) is 23.8 Å². The van der Waals surface area contributed by atoms with Crippen molar-refractivity contribution in [2.24, 2.45) is 0 Å². The topological polar surface area (TPSA) is 126 Å². The van der Waals surface area contributed by atoms with Gasteiger partial charge in [-0.3, -0.25) is 4.79 Å². The lowest BCUT2D eigenvalue weighted by molar-refractivity contribution is -0.277. The first-order valence-electron chi connectivity index (χ1n) is 7.05. The van der Waals surface area contributed by atoms with Gasteiger partial charge in [-0.2, -0.15) is 0 Å². The Kier molecular flexibility index (Phi) is 5.55. The fraction of sp³-hybridized carbons (Fsp3) is 0.533. The zero-order valence-corrected chi connectivity index (χ0v) is 12.7. The predicted octanol–water partition coefficient (Wildman–Crippen LogP) is -0.924. The van der Waals surface area contributed by atoms with Crippen LogP contribution in [0.5, 0.6) is 11.5 Å². The number of aliphatic hydroxyl groups excluding tert-OH is 4. The molecule has 8 heteroatoms. The largest absolute Gasteiger partial charge is 0.493 e. The van der Waals surface area contributed by atoms with Crippen molar-refractivity contribution in [2.75, 3.05) is 13.7 Å². The molecule has 0 aromatic heterocycles. The summed E-state index contributed by atoms with van der Waals surface area (Å²) in [6.45, 7) is 0.859. The van der Waals surface area contributed by atoms with Crippen LogP contribution >= 0.6 is 0 Å². The monoisotopic (exact) mass is 328 g/mol. The van der Waals surface area contributed by atoms with Crippen LogP contribution in [0, 0.1) is 0 Å². The minimum atomic E-state index is -1.53. The van der Waals surface area contributed by atoms with E-state index in [1.807, 2.05) is 0 Å². The number of ether oxygens (including phenoxy) is 3. The average molecular weight is 328 g/mol. The molecular weight excluding hydrogens is 308 g/mol. The van der Waals surface area contributed by atoms with E-state index in [2.05, 4.69) is 0 Å². The highest BCUT2D eigenvalue weighted by Gasteiger charge is 2.44. The number of rotatable bonds is 5. The van der Waals surface area contributed by atoms with Gasteiger partial charge in [0.05, 0.1) is 13.7 Å². The second-order valence-electron chi connectivity index (χ2n) is 5.24. The maximum Gasteiger partial charge on any atom is 0.229 e. The first-order chi connectivity index (χ1) is 10.9. The second kappa shape index (κ2) is 7.24. The number of carbonyl (C=O) groups excluding carboxylic acids is 1. The number of methoxy groups -OCH3 is 1. The molecule has 0 bridgehead atoms. The first kappa shape index (κ1) is 17.6. The van der Waals surface area contributed by atoms with Gasteiger partial charge in [0, 0.05) is 5.56 Å². The van der Waals surface area contributed by atoms with Gasteiger partial charge in [0.25, 0.3) is 0 Å². The van der Waals surface area contributed by atoms with E-state index in [0.29, 0.717) is 5.56 Å². The normalized spacial score (nSPS) is 30.8. The molecule has 0 spiro atoms. The Labute approximate surface area is 132 Å². The molecule has 1 aromatic rings. The molecule has 1 aliphatic rings. The van der Waals surface area contributed by atoms with E-state index in [4.69, 9.17) is 19.3 Å². The van der Waals surface area contributed by atoms with Crippen LogP contribution in [0.2, 0.25) is 0 Å². The molecule has 1 aliphatic heterocycles.